The topological polar surface area (TPSA) is 56.9 Å². The van der Waals surface area contributed by atoms with Gasteiger partial charge < -0.3 is 15.6 Å². The van der Waals surface area contributed by atoms with Crippen molar-refractivity contribution in [3.63, 3.8) is 0 Å². The third-order valence-electron chi connectivity index (χ3n) is 4.10. The Bertz CT molecular complexity index is 855. The molecule has 24 heavy (non-hydrogen) atoms. The summed E-state index contributed by atoms with van der Waals surface area (Å²) in [6.45, 7) is 4.72. The fourth-order valence-electron chi connectivity index (χ4n) is 2.75. The molecule has 0 unspecified atom stereocenters. The number of urea groups is 1. The summed E-state index contributed by atoms with van der Waals surface area (Å²) in [5, 5.41) is 7.60. The molecule has 0 saturated heterocycles. The number of carbonyl (C=O) groups excluding carboxylic acids is 1. The molecular weight excluding hydrogens is 322 g/mol. The Morgan fingerprint density at radius 3 is 2.67 bits per heavy atom. The van der Waals surface area contributed by atoms with Gasteiger partial charge in [0.2, 0.25) is 0 Å². The molecule has 0 bridgehead atoms. The Hall–Kier alpha value is -2.46. The van der Waals surface area contributed by atoms with Crippen LogP contribution in [0.1, 0.15) is 19.4 Å². The zero-order valence-corrected chi connectivity index (χ0v) is 14.4. The number of nitrogens with one attached hydrogen (secondary N) is 3. The number of halogens is 1. The third-order valence-corrected chi connectivity index (χ3v) is 4.33. The lowest BCUT2D eigenvalue weighted by molar-refractivity contribution is 0.249. The van der Waals surface area contributed by atoms with E-state index in [1.165, 1.54) is 0 Å². The maximum Gasteiger partial charge on any atom is 0.319 e. The highest BCUT2D eigenvalue weighted by Gasteiger charge is 2.24. The molecule has 0 atom stereocenters. The second kappa shape index (κ2) is 6.57. The van der Waals surface area contributed by atoms with Crippen molar-refractivity contribution in [2.24, 2.45) is 0 Å². The average Bonchev–Trinajstić information content (AvgIpc) is 2.98. The molecule has 0 aliphatic heterocycles. The van der Waals surface area contributed by atoms with Gasteiger partial charge in [-0.25, -0.2) is 4.79 Å². The number of benzene rings is 2. The lowest BCUT2D eigenvalue weighted by Crippen LogP contribution is -2.38. The predicted molar refractivity (Wildman–Crippen MR) is 99.8 cm³/mol. The van der Waals surface area contributed by atoms with Crippen LogP contribution in [-0.4, -0.2) is 17.6 Å². The van der Waals surface area contributed by atoms with E-state index in [0.29, 0.717) is 11.6 Å². The lowest BCUT2D eigenvalue weighted by atomic mass is 9.84. The first-order valence-electron chi connectivity index (χ1n) is 7.83. The smallest absolute Gasteiger partial charge is 0.319 e. The normalized spacial score (nSPS) is 11.5. The molecule has 1 aromatic heterocycles. The molecule has 0 fully saturated rings. The van der Waals surface area contributed by atoms with Crippen molar-refractivity contribution >= 4 is 34.2 Å². The molecule has 124 valence electrons. The number of para-hydroxylation sites is 1. The van der Waals surface area contributed by atoms with Crippen molar-refractivity contribution in [1.82, 2.24) is 10.3 Å². The number of hydrogen-bond acceptors (Lipinski definition) is 1. The van der Waals surface area contributed by atoms with Gasteiger partial charge in [-0.1, -0.05) is 49.7 Å². The standard InChI is InChI=1S/C19H20ClN3O/c1-19(2,12-22-18(24)23-14-6-4-3-5-7-14)16-11-21-17-10-13(20)8-9-15(16)17/h3-11,21H,12H2,1-2H3,(H2,22,23,24). The first-order valence-corrected chi connectivity index (χ1v) is 8.20. The minimum absolute atomic E-state index is 0.211. The van der Waals surface area contributed by atoms with Gasteiger partial charge in [0, 0.05) is 39.8 Å². The first kappa shape index (κ1) is 16.4. The summed E-state index contributed by atoms with van der Waals surface area (Å²) in [7, 11) is 0. The number of hydrogen-bond donors (Lipinski definition) is 3. The second-order valence-corrected chi connectivity index (χ2v) is 6.89. The van der Waals surface area contributed by atoms with Crippen LogP contribution in [0.5, 0.6) is 0 Å². The van der Waals surface area contributed by atoms with Crippen molar-refractivity contribution in [3.8, 4) is 0 Å². The first-order chi connectivity index (χ1) is 11.5. The van der Waals surface area contributed by atoms with Gasteiger partial charge in [-0.05, 0) is 29.8 Å². The van der Waals surface area contributed by atoms with Crippen LogP contribution in [0.3, 0.4) is 0 Å². The van der Waals surface area contributed by atoms with Crippen molar-refractivity contribution in [1.29, 1.82) is 0 Å². The zero-order chi connectivity index (χ0) is 17.2. The van der Waals surface area contributed by atoms with Crippen LogP contribution < -0.4 is 10.6 Å². The highest BCUT2D eigenvalue weighted by Crippen LogP contribution is 2.31. The van der Waals surface area contributed by atoms with Crippen molar-refractivity contribution in [3.05, 3.63) is 65.3 Å². The van der Waals surface area contributed by atoms with Crippen molar-refractivity contribution < 1.29 is 4.79 Å². The monoisotopic (exact) mass is 341 g/mol. The molecule has 1 heterocycles. The van der Waals surface area contributed by atoms with Crippen molar-refractivity contribution in [2.75, 3.05) is 11.9 Å². The minimum atomic E-state index is -0.222. The number of aromatic nitrogens is 1. The minimum Gasteiger partial charge on any atom is -0.361 e. The largest absolute Gasteiger partial charge is 0.361 e. The zero-order valence-electron chi connectivity index (χ0n) is 13.7. The lowest BCUT2D eigenvalue weighted by Gasteiger charge is -2.25. The van der Waals surface area contributed by atoms with E-state index in [1.54, 1.807) is 0 Å². The molecule has 4 nitrogen and oxygen atoms in total. The summed E-state index contributed by atoms with van der Waals surface area (Å²) in [5.41, 5.74) is 2.70. The van der Waals surface area contributed by atoms with E-state index < -0.39 is 0 Å². The average molecular weight is 342 g/mol. The van der Waals surface area contributed by atoms with Gasteiger partial charge in [-0.2, -0.15) is 0 Å². The quantitative estimate of drug-likeness (QED) is 0.619. The van der Waals surface area contributed by atoms with E-state index in [0.717, 1.165) is 22.2 Å². The Labute approximate surface area is 146 Å². The maximum absolute atomic E-state index is 12.1. The number of fused-ring (bicyclic) bond motifs is 1. The van der Waals surface area contributed by atoms with Gasteiger partial charge in [0.05, 0.1) is 0 Å². The molecule has 0 radical (unpaired) electrons. The molecule has 3 aromatic rings. The summed E-state index contributed by atoms with van der Waals surface area (Å²) in [6.07, 6.45) is 1.98. The Kier molecular flexibility index (Phi) is 4.49. The van der Waals surface area contributed by atoms with Gasteiger partial charge >= 0.3 is 6.03 Å². The van der Waals surface area contributed by atoms with Crippen LogP contribution in [0.15, 0.2) is 54.7 Å². The van der Waals surface area contributed by atoms with Gasteiger partial charge in [0.15, 0.2) is 0 Å². The summed E-state index contributed by atoms with van der Waals surface area (Å²) in [4.78, 5) is 15.3. The summed E-state index contributed by atoms with van der Waals surface area (Å²) < 4.78 is 0. The second-order valence-electron chi connectivity index (χ2n) is 6.45. The molecule has 0 spiro atoms. The predicted octanol–water partition coefficient (Wildman–Crippen LogP) is 4.92. The number of H-pyrrole nitrogens is 1. The third kappa shape index (κ3) is 3.54. The van der Waals surface area contributed by atoms with E-state index in [4.69, 9.17) is 11.6 Å². The number of rotatable bonds is 4. The van der Waals surface area contributed by atoms with Crippen LogP contribution in [0.2, 0.25) is 5.02 Å². The summed E-state index contributed by atoms with van der Waals surface area (Å²) in [6, 6.07) is 15.0. The summed E-state index contributed by atoms with van der Waals surface area (Å²) in [5.74, 6) is 0. The number of aromatic amines is 1. The van der Waals surface area contributed by atoms with E-state index in [-0.39, 0.29) is 11.4 Å². The highest BCUT2D eigenvalue weighted by atomic mass is 35.5. The Morgan fingerprint density at radius 1 is 1.17 bits per heavy atom. The van der Waals surface area contributed by atoms with Crippen LogP contribution in [0.25, 0.3) is 10.9 Å². The molecular formula is C19H20ClN3O. The molecule has 0 aliphatic rings. The Morgan fingerprint density at radius 2 is 1.92 bits per heavy atom. The molecule has 2 amide bonds. The molecule has 3 N–H and O–H groups in total. The van der Waals surface area contributed by atoms with Gasteiger partial charge in [0.25, 0.3) is 0 Å². The number of amides is 2. The van der Waals surface area contributed by atoms with Gasteiger partial charge in [-0.3, -0.25) is 0 Å². The molecule has 2 aromatic carbocycles. The molecule has 0 aliphatic carbocycles. The number of anilines is 1. The van der Waals surface area contributed by atoms with Gasteiger partial charge in [-0.15, -0.1) is 0 Å². The van der Waals surface area contributed by atoms with Crippen LogP contribution in [0.4, 0.5) is 10.5 Å². The van der Waals surface area contributed by atoms with E-state index in [1.807, 2.05) is 54.7 Å². The molecule has 3 rings (SSSR count). The van der Waals surface area contributed by atoms with E-state index >= 15 is 0 Å². The molecule has 0 saturated carbocycles. The van der Waals surface area contributed by atoms with Crippen LogP contribution >= 0.6 is 11.6 Å². The highest BCUT2D eigenvalue weighted by molar-refractivity contribution is 6.31. The van der Waals surface area contributed by atoms with E-state index in [2.05, 4.69) is 29.5 Å². The Balaban J connectivity index is 1.70. The van der Waals surface area contributed by atoms with Crippen LogP contribution in [0, 0.1) is 0 Å². The maximum atomic E-state index is 12.1. The number of carbonyl (C=O) groups is 1. The SMILES string of the molecule is CC(C)(CNC(=O)Nc1ccccc1)c1c[nH]c2cc(Cl)ccc12. The summed E-state index contributed by atoms with van der Waals surface area (Å²) >= 11 is 6.04. The fourth-order valence-corrected chi connectivity index (χ4v) is 2.92. The van der Waals surface area contributed by atoms with Gasteiger partial charge in [0.1, 0.15) is 0 Å². The molecule has 5 heteroatoms. The van der Waals surface area contributed by atoms with E-state index in [9.17, 15) is 4.79 Å². The van der Waals surface area contributed by atoms with Crippen LogP contribution in [-0.2, 0) is 5.41 Å². The fraction of sp³-hybridized carbons (Fsp3) is 0.211. The van der Waals surface area contributed by atoms with Crippen molar-refractivity contribution in [2.45, 2.75) is 19.3 Å².